The van der Waals surface area contributed by atoms with E-state index in [1.54, 1.807) is 4.68 Å². The first-order valence-corrected chi connectivity index (χ1v) is 10.8. The number of fused-ring (bicyclic) bond motifs is 1. The summed E-state index contributed by atoms with van der Waals surface area (Å²) in [5.74, 6) is 1.68. The van der Waals surface area contributed by atoms with Crippen molar-refractivity contribution in [3.63, 3.8) is 0 Å². The summed E-state index contributed by atoms with van der Waals surface area (Å²) in [5, 5.41) is 18.1. The Morgan fingerprint density at radius 3 is 2.53 bits per heavy atom. The molecule has 2 N–H and O–H groups in total. The number of allylic oxidation sites excluding steroid dienone is 1. The molecule has 2 heterocycles. The molecule has 4 rings (SSSR count). The molecule has 1 atom stereocenters. The number of carbonyl (C=O) groups is 1. The van der Waals surface area contributed by atoms with Crippen LogP contribution in [0.15, 0.2) is 59.8 Å². The zero-order chi connectivity index (χ0) is 22.7. The molecule has 0 saturated heterocycles. The predicted molar refractivity (Wildman–Crippen MR) is 123 cm³/mol. The predicted octanol–water partition coefficient (Wildman–Crippen LogP) is 4.33. The number of aryl methyl sites for hydroxylation is 1. The molecule has 1 aliphatic heterocycles. The Bertz CT molecular complexity index is 1120. The summed E-state index contributed by atoms with van der Waals surface area (Å²) in [5.41, 5.74) is 4.02. The molecule has 166 valence electrons. The third-order valence-electron chi connectivity index (χ3n) is 5.43. The van der Waals surface area contributed by atoms with Crippen LogP contribution in [-0.4, -0.2) is 32.7 Å². The number of carbonyl (C=O) groups excluding carboxylic acids is 1. The molecular formula is C24H28N6O2. The maximum absolute atomic E-state index is 13.3. The van der Waals surface area contributed by atoms with Crippen LogP contribution in [0.3, 0.4) is 0 Å². The maximum atomic E-state index is 13.3. The summed E-state index contributed by atoms with van der Waals surface area (Å²) in [6.07, 6.45) is 0.995. The van der Waals surface area contributed by atoms with E-state index in [1.807, 2.05) is 62.4 Å². The molecule has 0 radical (unpaired) electrons. The lowest BCUT2D eigenvalue weighted by molar-refractivity contribution is -0.113. The first-order valence-electron chi connectivity index (χ1n) is 10.8. The van der Waals surface area contributed by atoms with Gasteiger partial charge in [0.05, 0.1) is 12.2 Å². The highest BCUT2D eigenvalue weighted by atomic mass is 16.5. The van der Waals surface area contributed by atoms with Crippen LogP contribution in [0, 0.1) is 12.8 Å². The van der Waals surface area contributed by atoms with E-state index in [4.69, 9.17) is 4.74 Å². The summed E-state index contributed by atoms with van der Waals surface area (Å²) >= 11 is 0. The van der Waals surface area contributed by atoms with Crippen molar-refractivity contribution >= 4 is 17.5 Å². The number of hydrogen-bond acceptors (Lipinski definition) is 6. The number of hydrogen-bond donors (Lipinski definition) is 2. The molecule has 8 heteroatoms. The van der Waals surface area contributed by atoms with E-state index >= 15 is 0 Å². The van der Waals surface area contributed by atoms with E-state index in [0.717, 1.165) is 29.0 Å². The molecule has 0 fully saturated rings. The lowest BCUT2D eigenvalue weighted by Gasteiger charge is -2.28. The fourth-order valence-electron chi connectivity index (χ4n) is 3.61. The number of aromatic nitrogens is 4. The topological polar surface area (TPSA) is 94.0 Å². The highest BCUT2D eigenvalue weighted by Crippen LogP contribution is 2.35. The van der Waals surface area contributed by atoms with Gasteiger partial charge in [0.15, 0.2) is 0 Å². The van der Waals surface area contributed by atoms with Crippen molar-refractivity contribution in [2.75, 3.05) is 17.2 Å². The summed E-state index contributed by atoms with van der Waals surface area (Å²) in [4.78, 5) is 13.3. The molecule has 1 unspecified atom stereocenters. The van der Waals surface area contributed by atoms with Crippen LogP contribution >= 0.6 is 0 Å². The van der Waals surface area contributed by atoms with Crippen molar-refractivity contribution in [1.82, 2.24) is 20.2 Å². The fourth-order valence-corrected chi connectivity index (χ4v) is 3.61. The van der Waals surface area contributed by atoms with Gasteiger partial charge in [-0.1, -0.05) is 48.8 Å². The van der Waals surface area contributed by atoms with Crippen molar-refractivity contribution in [3.05, 3.63) is 70.9 Å². The van der Waals surface area contributed by atoms with Crippen LogP contribution < -0.4 is 15.4 Å². The Labute approximate surface area is 187 Å². The molecule has 0 aliphatic carbocycles. The molecule has 0 saturated carbocycles. The maximum Gasteiger partial charge on any atom is 0.255 e. The second-order valence-corrected chi connectivity index (χ2v) is 8.43. The zero-order valence-corrected chi connectivity index (χ0v) is 18.8. The van der Waals surface area contributed by atoms with E-state index in [-0.39, 0.29) is 5.91 Å². The molecule has 2 aromatic carbocycles. The number of amides is 1. The Morgan fingerprint density at radius 2 is 1.84 bits per heavy atom. The van der Waals surface area contributed by atoms with Gasteiger partial charge in [-0.2, -0.15) is 4.68 Å². The lowest BCUT2D eigenvalue weighted by atomic mass is 9.95. The molecule has 1 amide bonds. The van der Waals surface area contributed by atoms with Gasteiger partial charge in [-0.15, -0.1) is 0 Å². The van der Waals surface area contributed by atoms with Gasteiger partial charge < -0.3 is 15.4 Å². The van der Waals surface area contributed by atoms with Gasteiger partial charge in [0.25, 0.3) is 5.91 Å². The molecule has 0 spiro atoms. The monoisotopic (exact) mass is 432 g/mol. The fraction of sp³-hybridized carbons (Fsp3) is 0.333. The lowest BCUT2D eigenvalue weighted by Crippen LogP contribution is -2.31. The smallest absolute Gasteiger partial charge is 0.255 e. The number of tetrazole rings is 1. The van der Waals surface area contributed by atoms with Gasteiger partial charge in [-0.05, 0) is 66.4 Å². The standard InChI is InChI=1S/C24H28N6O2/c1-15(2)13-14-32-20-11-7-18(8-12-20)22-21(17(4)25-24-27-28-29-30(22)24)23(31)26-19-9-5-16(3)6-10-19/h5-12,15,22H,13-14H2,1-4H3,(H,26,31)(H,25,27,29). The van der Waals surface area contributed by atoms with Crippen molar-refractivity contribution in [2.24, 2.45) is 5.92 Å². The normalized spacial score (nSPS) is 15.3. The van der Waals surface area contributed by atoms with Crippen molar-refractivity contribution in [3.8, 4) is 5.75 Å². The van der Waals surface area contributed by atoms with Crippen LogP contribution in [0.4, 0.5) is 11.6 Å². The van der Waals surface area contributed by atoms with Crippen LogP contribution in [0.2, 0.25) is 0 Å². The molecular weight excluding hydrogens is 404 g/mol. The third-order valence-corrected chi connectivity index (χ3v) is 5.43. The molecule has 8 nitrogen and oxygen atoms in total. The summed E-state index contributed by atoms with van der Waals surface area (Å²) in [6.45, 7) is 8.88. The van der Waals surface area contributed by atoms with Crippen molar-refractivity contribution in [1.29, 1.82) is 0 Å². The van der Waals surface area contributed by atoms with Gasteiger partial charge in [0.1, 0.15) is 11.8 Å². The Hall–Kier alpha value is -3.68. The number of benzene rings is 2. The van der Waals surface area contributed by atoms with Crippen molar-refractivity contribution in [2.45, 2.75) is 40.2 Å². The minimum absolute atomic E-state index is 0.206. The number of nitrogens with zero attached hydrogens (tertiary/aromatic N) is 4. The number of ether oxygens (including phenoxy) is 1. The zero-order valence-electron chi connectivity index (χ0n) is 18.8. The van der Waals surface area contributed by atoms with Crippen LogP contribution in [-0.2, 0) is 4.79 Å². The van der Waals surface area contributed by atoms with Gasteiger partial charge in [-0.3, -0.25) is 4.79 Å². The average molecular weight is 433 g/mol. The summed E-state index contributed by atoms with van der Waals surface area (Å²) in [6, 6.07) is 15.0. The Kier molecular flexibility index (Phi) is 6.20. The SMILES string of the molecule is CC1=C(C(=O)Nc2ccc(C)cc2)C(c2ccc(OCCC(C)C)cc2)n2nnnc2N1. The molecule has 1 aromatic heterocycles. The number of rotatable bonds is 7. The third kappa shape index (κ3) is 4.64. The largest absolute Gasteiger partial charge is 0.494 e. The first kappa shape index (κ1) is 21.5. The minimum atomic E-state index is -0.462. The number of anilines is 2. The van der Waals surface area contributed by atoms with Crippen molar-refractivity contribution < 1.29 is 9.53 Å². The Morgan fingerprint density at radius 1 is 1.12 bits per heavy atom. The van der Waals surface area contributed by atoms with Gasteiger partial charge in [-0.25, -0.2) is 0 Å². The average Bonchev–Trinajstić information content (AvgIpc) is 3.22. The molecule has 3 aromatic rings. The van der Waals surface area contributed by atoms with Gasteiger partial charge >= 0.3 is 0 Å². The Balaban J connectivity index is 1.62. The van der Waals surface area contributed by atoms with Crippen LogP contribution in [0.25, 0.3) is 0 Å². The van der Waals surface area contributed by atoms with Gasteiger partial charge in [0.2, 0.25) is 5.95 Å². The second kappa shape index (κ2) is 9.21. The number of nitrogens with one attached hydrogen (secondary N) is 2. The highest BCUT2D eigenvalue weighted by Gasteiger charge is 2.34. The summed E-state index contributed by atoms with van der Waals surface area (Å²) in [7, 11) is 0. The minimum Gasteiger partial charge on any atom is -0.494 e. The first-order chi connectivity index (χ1) is 15.4. The van der Waals surface area contributed by atoms with Crippen LogP contribution in [0.5, 0.6) is 5.75 Å². The van der Waals surface area contributed by atoms with E-state index in [2.05, 4.69) is 40.0 Å². The van der Waals surface area contributed by atoms with Crippen LogP contribution in [0.1, 0.15) is 44.4 Å². The molecule has 32 heavy (non-hydrogen) atoms. The van der Waals surface area contributed by atoms with E-state index in [9.17, 15) is 4.79 Å². The van der Waals surface area contributed by atoms with E-state index in [0.29, 0.717) is 29.7 Å². The molecule has 0 bridgehead atoms. The highest BCUT2D eigenvalue weighted by molar-refractivity contribution is 6.06. The quantitative estimate of drug-likeness (QED) is 0.577. The van der Waals surface area contributed by atoms with E-state index < -0.39 is 6.04 Å². The van der Waals surface area contributed by atoms with Gasteiger partial charge in [0, 0.05) is 11.4 Å². The van der Waals surface area contributed by atoms with E-state index in [1.165, 1.54) is 0 Å². The second-order valence-electron chi connectivity index (χ2n) is 8.43. The molecule has 1 aliphatic rings. The summed E-state index contributed by atoms with van der Waals surface area (Å²) < 4.78 is 7.48.